The van der Waals surface area contributed by atoms with Crippen molar-refractivity contribution in [1.29, 1.82) is 0 Å². The van der Waals surface area contributed by atoms with Crippen LogP contribution in [0.15, 0.2) is 10.5 Å². The molecule has 0 saturated heterocycles. The number of nitrogens with one attached hydrogen (secondary N) is 1. The Morgan fingerprint density at radius 3 is 2.53 bits per heavy atom. The van der Waals surface area contributed by atoms with E-state index in [-0.39, 0.29) is 12.4 Å². The van der Waals surface area contributed by atoms with Crippen molar-refractivity contribution in [3.05, 3.63) is 22.4 Å². The van der Waals surface area contributed by atoms with Gasteiger partial charge < -0.3 is 8.98 Å². The van der Waals surface area contributed by atoms with Crippen LogP contribution in [-0.4, -0.2) is 14.8 Å². The van der Waals surface area contributed by atoms with Gasteiger partial charge in [-0.05, 0) is 32.1 Å². The van der Waals surface area contributed by atoms with Gasteiger partial charge in [-0.25, -0.2) is 0 Å². The quantitative estimate of drug-likeness (QED) is 0.786. The molecule has 82 valence electrons. The van der Waals surface area contributed by atoms with Gasteiger partial charge in [0, 0.05) is 7.05 Å². The van der Waals surface area contributed by atoms with Gasteiger partial charge in [0.25, 0.3) is 0 Å². The second-order valence-corrected chi connectivity index (χ2v) is 3.62. The predicted octanol–water partition coefficient (Wildman–Crippen LogP) is 2.78. The summed E-state index contributed by atoms with van der Waals surface area (Å²) in [6.45, 7) is 3.83. The van der Waals surface area contributed by atoms with Gasteiger partial charge >= 0.3 is 0 Å². The zero-order chi connectivity index (χ0) is 10.3. The Hall–Kier alpha value is -1.07. The number of furan rings is 1. The fourth-order valence-electron chi connectivity index (χ4n) is 1.44. The third-order valence-corrected chi connectivity index (χ3v) is 2.53. The minimum absolute atomic E-state index is 0. The molecule has 6 heteroatoms. The molecule has 0 spiro atoms. The highest BCUT2D eigenvalue weighted by atomic mass is 35.5. The second kappa shape index (κ2) is 4.20. The van der Waals surface area contributed by atoms with E-state index < -0.39 is 0 Å². The first-order valence-electron chi connectivity index (χ1n) is 4.28. The molecular weight excluding hydrogens is 234 g/mol. The molecular formula is C9H12ClN3OS. The monoisotopic (exact) mass is 245 g/mol. The Kier molecular flexibility index (Phi) is 3.36. The molecule has 0 amide bonds. The van der Waals surface area contributed by atoms with Crippen molar-refractivity contribution in [2.75, 3.05) is 0 Å². The largest absolute Gasteiger partial charge is 0.466 e. The molecule has 1 N–H and O–H groups in total. The molecule has 0 saturated carbocycles. The molecule has 2 aromatic rings. The van der Waals surface area contributed by atoms with E-state index in [2.05, 4.69) is 10.2 Å². The number of hydrogen-bond donors (Lipinski definition) is 1. The van der Waals surface area contributed by atoms with E-state index in [9.17, 15) is 0 Å². The van der Waals surface area contributed by atoms with E-state index in [4.69, 9.17) is 16.6 Å². The third kappa shape index (κ3) is 1.98. The lowest BCUT2D eigenvalue weighted by Crippen LogP contribution is -1.92. The molecule has 0 aromatic carbocycles. The summed E-state index contributed by atoms with van der Waals surface area (Å²) < 4.78 is 7.87. The number of rotatable bonds is 1. The van der Waals surface area contributed by atoms with Crippen molar-refractivity contribution in [2.45, 2.75) is 13.8 Å². The van der Waals surface area contributed by atoms with Gasteiger partial charge in [-0.2, -0.15) is 5.10 Å². The van der Waals surface area contributed by atoms with Crippen LogP contribution in [0.2, 0.25) is 0 Å². The fraction of sp³-hybridized carbons (Fsp3) is 0.333. The van der Waals surface area contributed by atoms with E-state index in [1.54, 1.807) is 0 Å². The molecule has 2 rings (SSSR count). The summed E-state index contributed by atoms with van der Waals surface area (Å²) in [5.74, 6) is 2.55. The van der Waals surface area contributed by atoms with Gasteiger partial charge in [0.2, 0.25) is 0 Å². The lowest BCUT2D eigenvalue weighted by Gasteiger charge is -1.96. The molecule has 0 radical (unpaired) electrons. The van der Waals surface area contributed by atoms with Gasteiger partial charge in [-0.3, -0.25) is 5.10 Å². The standard InChI is InChI=1S/C9H11N3OS.ClH/c1-5-4-7(6(2)13-5)8-10-11-9(14)12(8)3;/h4H,1-3H3,(H,11,14);1H. The smallest absolute Gasteiger partial charge is 0.195 e. The van der Waals surface area contributed by atoms with Gasteiger partial charge in [-0.15, -0.1) is 12.4 Å². The summed E-state index contributed by atoms with van der Waals surface area (Å²) in [6, 6.07) is 1.96. The van der Waals surface area contributed by atoms with E-state index in [1.807, 2.05) is 31.5 Å². The maximum absolute atomic E-state index is 5.43. The Morgan fingerprint density at radius 1 is 1.47 bits per heavy atom. The van der Waals surface area contributed by atoms with Crippen molar-refractivity contribution < 1.29 is 4.42 Å². The number of aromatic amines is 1. The van der Waals surface area contributed by atoms with Crippen molar-refractivity contribution in [2.24, 2.45) is 7.05 Å². The molecule has 0 bridgehead atoms. The van der Waals surface area contributed by atoms with E-state index in [0.29, 0.717) is 4.77 Å². The highest BCUT2D eigenvalue weighted by molar-refractivity contribution is 7.71. The first kappa shape index (κ1) is 12.0. The second-order valence-electron chi connectivity index (χ2n) is 3.24. The van der Waals surface area contributed by atoms with Crippen LogP contribution in [0.25, 0.3) is 11.4 Å². The molecule has 4 nitrogen and oxygen atoms in total. The van der Waals surface area contributed by atoms with Crippen LogP contribution in [-0.2, 0) is 7.05 Å². The zero-order valence-electron chi connectivity index (χ0n) is 8.70. The number of nitrogens with zero attached hydrogens (tertiary/aromatic N) is 2. The lowest BCUT2D eigenvalue weighted by molar-refractivity contribution is 0.505. The van der Waals surface area contributed by atoms with E-state index in [1.165, 1.54) is 0 Å². The maximum atomic E-state index is 5.43. The fourth-order valence-corrected chi connectivity index (χ4v) is 1.57. The van der Waals surface area contributed by atoms with Crippen molar-refractivity contribution in [3.63, 3.8) is 0 Å². The molecule has 0 unspecified atom stereocenters. The number of aromatic nitrogens is 3. The first-order chi connectivity index (χ1) is 6.59. The predicted molar refractivity (Wildman–Crippen MR) is 62.8 cm³/mol. The van der Waals surface area contributed by atoms with Gasteiger partial charge in [-0.1, -0.05) is 0 Å². The van der Waals surface area contributed by atoms with Crippen LogP contribution >= 0.6 is 24.6 Å². The van der Waals surface area contributed by atoms with E-state index >= 15 is 0 Å². The normalized spacial score (nSPS) is 10.1. The summed E-state index contributed by atoms with van der Waals surface area (Å²) in [4.78, 5) is 0. The van der Waals surface area contributed by atoms with Gasteiger partial charge in [0.05, 0.1) is 5.56 Å². The van der Waals surface area contributed by atoms with E-state index in [0.717, 1.165) is 22.9 Å². The minimum atomic E-state index is 0. The molecule has 2 heterocycles. The number of hydrogen-bond acceptors (Lipinski definition) is 3. The minimum Gasteiger partial charge on any atom is -0.466 e. The van der Waals surface area contributed by atoms with Crippen LogP contribution in [0, 0.1) is 18.6 Å². The van der Waals surface area contributed by atoms with Crippen molar-refractivity contribution in [3.8, 4) is 11.4 Å². The van der Waals surface area contributed by atoms with Crippen molar-refractivity contribution >= 4 is 24.6 Å². The maximum Gasteiger partial charge on any atom is 0.195 e. The topological polar surface area (TPSA) is 46.8 Å². The molecule has 0 atom stereocenters. The summed E-state index contributed by atoms with van der Waals surface area (Å²) in [7, 11) is 1.88. The summed E-state index contributed by atoms with van der Waals surface area (Å²) in [5.41, 5.74) is 0.984. The zero-order valence-corrected chi connectivity index (χ0v) is 10.3. The van der Waals surface area contributed by atoms with Gasteiger partial charge in [0.15, 0.2) is 10.6 Å². The third-order valence-electron chi connectivity index (χ3n) is 2.16. The first-order valence-corrected chi connectivity index (χ1v) is 4.69. The lowest BCUT2D eigenvalue weighted by atomic mass is 10.2. The number of halogens is 1. The molecule has 2 aromatic heterocycles. The molecule has 15 heavy (non-hydrogen) atoms. The molecule has 0 aliphatic heterocycles. The van der Waals surface area contributed by atoms with Crippen LogP contribution < -0.4 is 0 Å². The van der Waals surface area contributed by atoms with Gasteiger partial charge in [0.1, 0.15) is 11.5 Å². The summed E-state index contributed by atoms with van der Waals surface area (Å²) in [6.07, 6.45) is 0. The van der Waals surface area contributed by atoms with Crippen molar-refractivity contribution in [1.82, 2.24) is 14.8 Å². The SMILES string of the molecule is Cc1cc(-c2n[nH]c(=S)n2C)c(C)o1.Cl. The average Bonchev–Trinajstić information content (AvgIpc) is 2.59. The summed E-state index contributed by atoms with van der Waals surface area (Å²) >= 11 is 5.04. The summed E-state index contributed by atoms with van der Waals surface area (Å²) in [5, 5.41) is 6.89. The van der Waals surface area contributed by atoms with Crippen LogP contribution in [0.1, 0.15) is 11.5 Å². The highest BCUT2D eigenvalue weighted by Gasteiger charge is 2.12. The molecule has 0 fully saturated rings. The molecule has 0 aliphatic carbocycles. The van der Waals surface area contributed by atoms with Crippen LogP contribution in [0.3, 0.4) is 0 Å². The Labute approximate surface area is 98.7 Å². The average molecular weight is 246 g/mol. The number of H-pyrrole nitrogens is 1. The highest BCUT2D eigenvalue weighted by Crippen LogP contribution is 2.24. The molecule has 0 aliphatic rings. The van der Waals surface area contributed by atoms with Crippen LogP contribution in [0.5, 0.6) is 0 Å². The Balaban J connectivity index is 0.00000112. The number of aryl methyl sites for hydroxylation is 2. The Bertz CT molecular complexity index is 526. The Morgan fingerprint density at radius 2 is 2.13 bits per heavy atom. The van der Waals surface area contributed by atoms with Crippen LogP contribution in [0.4, 0.5) is 0 Å².